The number of rotatable bonds is 4. The third-order valence-corrected chi connectivity index (χ3v) is 4.58. The van der Waals surface area contributed by atoms with Crippen molar-refractivity contribution in [2.45, 2.75) is 9.65 Å². The van der Waals surface area contributed by atoms with Crippen LogP contribution in [0.5, 0.6) is 0 Å². The molecule has 1 rings (SSSR count). The molecule has 0 fully saturated rings. The van der Waals surface area contributed by atoms with Crippen LogP contribution < -0.4 is 0 Å². The van der Waals surface area contributed by atoms with Crippen molar-refractivity contribution in [3.63, 3.8) is 0 Å². The highest BCUT2D eigenvalue weighted by atomic mass is 79.9. The van der Waals surface area contributed by atoms with Gasteiger partial charge in [-0.1, -0.05) is 44.0 Å². The second kappa shape index (κ2) is 5.40. The number of carboxylic acids is 1. The highest BCUT2D eigenvalue weighted by molar-refractivity contribution is 9.12. The molecule has 1 aromatic rings. The first-order valence-corrected chi connectivity index (χ1v) is 6.02. The zero-order valence-electron chi connectivity index (χ0n) is 7.84. The first-order chi connectivity index (χ1) is 7.43. The van der Waals surface area contributed by atoms with Crippen LogP contribution in [0.3, 0.4) is 0 Å². The summed E-state index contributed by atoms with van der Waals surface area (Å²) in [6.45, 7) is 0. The van der Waals surface area contributed by atoms with Crippen LogP contribution in [0.25, 0.3) is 0 Å². The van der Waals surface area contributed by atoms with E-state index in [1.807, 2.05) is 0 Å². The number of hydrogen-bond acceptors (Lipinski definition) is 3. The molecule has 0 saturated heterocycles. The quantitative estimate of drug-likeness (QED) is 0.513. The Bertz CT molecular complexity index is 424. The molecular formula is C9H7Br2NO4. The van der Waals surface area contributed by atoms with Gasteiger partial charge < -0.3 is 5.11 Å². The standard InChI is InChI=1S/C9H7Br2NO4/c10-7(8(11)9(13)14)5-2-1-3-6(4-5)12(15)16/h1-4,7-8H,(H,13,14)/t7-,8-/m0/s1. The monoisotopic (exact) mass is 351 g/mol. The minimum atomic E-state index is -1.03. The number of carboxylic acid groups (broad SMARTS) is 1. The average molecular weight is 353 g/mol. The number of hydrogen-bond donors (Lipinski definition) is 1. The third kappa shape index (κ3) is 3.02. The van der Waals surface area contributed by atoms with Crippen LogP contribution in [0, 0.1) is 10.1 Å². The maximum absolute atomic E-state index is 10.7. The number of halogens is 2. The summed E-state index contributed by atoms with van der Waals surface area (Å²) in [6, 6.07) is 5.84. The maximum Gasteiger partial charge on any atom is 0.318 e. The van der Waals surface area contributed by atoms with Crippen LogP contribution in [0.2, 0.25) is 0 Å². The Morgan fingerprint density at radius 2 is 2.06 bits per heavy atom. The molecule has 0 radical (unpaired) electrons. The molecule has 2 atom stereocenters. The molecule has 0 aliphatic heterocycles. The van der Waals surface area contributed by atoms with Crippen molar-refractivity contribution < 1.29 is 14.8 Å². The second-order valence-electron chi connectivity index (χ2n) is 2.99. The molecule has 1 N–H and O–H groups in total. The van der Waals surface area contributed by atoms with Crippen LogP contribution in [-0.4, -0.2) is 20.8 Å². The topological polar surface area (TPSA) is 80.4 Å². The molecule has 0 unspecified atom stereocenters. The van der Waals surface area contributed by atoms with Gasteiger partial charge in [0.15, 0.2) is 0 Å². The van der Waals surface area contributed by atoms with Gasteiger partial charge in [-0.25, -0.2) is 0 Å². The Hall–Kier alpha value is -0.950. The molecule has 0 spiro atoms. The highest BCUT2D eigenvalue weighted by Crippen LogP contribution is 2.32. The van der Waals surface area contributed by atoms with Gasteiger partial charge in [-0.05, 0) is 5.56 Å². The van der Waals surface area contributed by atoms with E-state index >= 15 is 0 Å². The molecule has 5 nitrogen and oxygen atoms in total. The molecule has 1 aromatic carbocycles. The van der Waals surface area contributed by atoms with E-state index in [2.05, 4.69) is 31.9 Å². The van der Waals surface area contributed by atoms with Gasteiger partial charge in [-0.2, -0.15) is 0 Å². The van der Waals surface area contributed by atoms with E-state index < -0.39 is 20.5 Å². The number of alkyl halides is 2. The number of non-ortho nitro benzene ring substituents is 1. The summed E-state index contributed by atoms with van der Waals surface area (Å²) >= 11 is 6.17. The average Bonchev–Trinajstić information content (AvgIpc) is 2.27. The molecule has 0 aliphatic carbocycles. The van der Waals surface area contributed by atoms with Gasteiger partial charge in [0.1, 0.15) is 4.83 Å². The zero-order valence-corrected chi connectivity index (χ0v) is 11.0. The van der Waals surface area contributed by atoms with E-state index in [9.17, 15) is 14.9 Å². The first kappa shape index (κ1) is 13.1. The van der Waals surface area contributed by atoms with Crippen LogP contribution in [-0.2, 0) is 4.79 Å². The first-order valence-electron chi connectivity index (χ1n) is 4.18. The SMILES string of the molecule is O=C(O)[C@@H](Br)[C@@H](Br)c1cccc([N+](=O)[O-])c1. The Morgan fingerprint density at radius 1 is 1.44 bits per heavy atom. The van der Waals surface area contributed by atoms with Crippen molar-refractivity contribution in [1.82, 2.24) is 0 Å². The highest BCUT2D eigenvalue weighted by Gasteiger charge is 2.25. The van der Waals surface area contributed by atoms with Crippen LogP contribution in [0.1, 0.15) is 10.4 Å². The van der Waals surface area contributed by atoms with Crippen molar-refractivity contribution in [3.05, 3.63) is 39.9 Å². The lowest BCUT2D eigenvalue weighted by atomic mass is 10.1. The Morgan fingerprint density at radius 3 is 2.56 bits per heavy atom. The van der Waals surface area contributed by atoms with Crippen molar-refractivity contribution >= 4 is 43.5 Å². The molecule has 0 saturated carbocycles. The molecule has 0 heterocycles. The van der Waals surface area contributed by atoms with E-state index in [1.54, 1.807) is 6.07 Å². The molecule has 7 heteroatoms. The van der Waals surface area contributed by atoms with E-state index in [0.29, 0.717) is 5.56 Å². The Kier molecular flexibility index (Phi) is 4.43. The van der Waals surface area contributed by atoms with E-state index in [-0.39, 0.29) is 5.69 Å². The second-order valence-corrected chi connectivity index (χ2v) is 4.97. The van der Waals surface area contributed by atoms with E-state index in [4.69, 9.17) is 5.11 Å². The molecule has 0 aromatic heterocycles. The fourth-order valence-corrected chi connectivity index (χ4v) is 1.92. The molecule has 0 amide bonds. The van der Waals surface area contributed by atoms with Crippen molar-refractivity contribution in [2.24, 2.45) is 0 Å². The Labute approximate surface area is 108 Å². The van der Waals surface area contributed by atoms with Crippen molar-refractivity contribution in [1.29, 1.82) is 0 Å². The largest absolute Gasteiger partial charge is 0.480 e. The van der Waals surface area contributed by atoms with Crippen molar-refractivity contribution in [3.8, 4) is 0 Å². The summed E-state index contributed by atoms with van der Waals surface area (Å²) in [5.41, 5.74) is 0.477. The lowest BCUT2D eigenvalue weighted by Crippen LogP contribution is -2.17. The predicted molar refractivity (Wildman–Crippen MR) is 65.1 cm³/mol. The lowest BCUT2D eigenvalue weighted by molar-refractivity contribution is -0.384. The number of aliphatic carboxylic acids is 1. The van der Waals surface area contributed by atoms with Gasteiger partial charge in [-0.3, -0.25) is 14.9 Å². The van der Waals surface area contributed by atoms with Gasteiger partial charge in [0.05, 0.1) is 9.75 Å². The fraction of sp³-hybridized carbons (Fsp3) is 0.222. The summed E-state index contributed by atoms with van der Waals surface area (Å²) in [6.07, 6.45) is 0. The lowest BCUT2D eigenvalue weighted by Gasteiger charge is -2.12. The molecule has 0 bridgehead atoms. The zero-order chi connectivity index (χ0) is 12.3. The van der Waals surface area contributed by atoms with Gasteiger partial charge in [0.25, 0.3) is 5.69 Å². The number of nitrogens with zero attached hydrogens (tertiary/aromatic N) is 1. The fourth-order valence-electron chi connectivity index (χ4n) is 1.10. The predicted octanol–water partition coefficient (Wildman–Crippen LogP) is 2.88. The normalized spacial score (nSPS) is 14.1. The minimum Gasteiger partial charge on any atom is -0.480 e. The van der Waals surface area contributed by atoms with Gasteiger partial charge in [-0.15, -0.1) is 0 Å². The van der Waals surface area contributed by atoms with Gasteiger partial charge in [0.2, 0.25) is 0 Å². The van der Waals surface area contributed by atoms with Gasteiger partial charge in [0, 0.05) is 12.1 Å². The van der Waals surface area contributed by atoms with Crippen LogP contribution in [0.15, 0.2) is 24.3 Å². The molecule has 86 valence electrons. The van der Waals surface area contributed by atoms with E-state index in [1.165, 1.54) is 18.2 Å². The Balaban J connectivity index is 3.00. The smallest absolute Gasteiger partial charge is 0.318 e. The summed E-state index contributed by atoms with van der Waals surface area (Å²) in [5.74, 6) is -1.03. The van der Waals surface area contributed by atoms with Gasteiger partial charge >= 0.3 is 5.97 Å². The van der Waals surface area contributed by atoms with Crippen LogP contribution in [0.4, 0.5) is 5.69 Å². The summed E-state index contributed by atoms with van der Waals surface area (Å²) in [4.78, 5) is 19.4. The number of carbonyl (C=O) groups is 1. The summed E-state index contributed by atoms with van der Waals surface area (Å²) in [7, 11) is 0. The van der Waals surface area contributed by atoms with Crippen LogP contribution >= 0.6 is 31.9 Å². The summed E-state index contributed by atoms with van der Waals surface area (Å²) in [5, 5.41) is 19.3. The summed E-state index contributed by atoms with van der Waals surface area (Å²) < 4.78 is 0. The number of nitro groups is 1. The van der Waals surface area contributed by atoms with E-state index in [0.717, 1.165) is 0 Å². The number of nitro benzene ring substituents is 1. The number of benzene rings is 1. The molecule has 16 heavy (non-hydrogen) atoms. The molecular weight excluding hydrogens is 346 g/mol. The maximum atomic E-state index is 10.7. The van der Waals surface area contributed by atoms with Crippen molar-refractivity contribution in [2.75, 3.05) is 0 Å². The minimum absolute atomic E-state index is 0.0629. The molecule has 0 aliphatic rings. The third-order valence-electron chi connectivity index (χ3n) is 1.89.